The van der Waals surface area contributed by atoms with Crippen LogP contribution >= 0.6 is 0 Å². The van der Waals surface area contributed by atoms with Crippen molar-refractivity contribution in [2.75, 3.05) is 24.5 Å². The second-order valence-electron chi connectivity index (χ2n) is 7.87. The molecule has 0 bridgehead atoms. The molecule has 0 N–H and O–H groups in total. The Morgan fingerprint density at radius 1 is 1.00 bits per heavy atom. The summed E-state index contributed by atoms with van der Waals surface area (Å²) in [7, 11) is 0. The molecule has 25 heavy (non-hydrogen) atoms. The van der Waals surface area contributed by atoms with Gasteiger partial charge in [-0.25, -0.2) is 9.97 Å². The van der Waals surface area contributed by atoms with E-state index in [0.717, 1.165) is 43.5 Å². The number of fused-ring (bicyclic) bond motifs is 1. The van der Waals surface area contributed by atoms with Crippen molar-refractivity contribution in [2.24, 2.45) is 11.8 Å². The molecule has 1 saturated carbocycles. The van der Waals surface area contributed by atoms with E-state index in [4.69, 9.17) is 0 Å². The van der Waals surface area contributed by atoms with Gasteiger partial charge in [0.2, 0.25) is 5.95 Å². The van der Waals surface area contributed by atoms with E-state index in [2.05, 4.69) is 35.7 Å². The number of hydrogen-bond acceptors (Lipinski definition) is 5. The van der Waals surface area contributed by atoms with Gasteiger partial charge in [0, 0.05) is 56.5 Å². The lowest BCUT2D eigenvalue weighted by Crippen LogP contribution is -2.48. The fraction of sp³-hybridized carbons (Fsp3) is 0.632. The van der Waals surface area contributed by atoms with E-state index in [1.54, 1.807) is 0 Å². The summed E-state index contributed by atoms with van der Waals surface area (Å²) < 4.78 is 2.11. The highest BCUT2D eigenvalue weighted by atomic mass is 15.3. The van der Waals surface area contributed by atoms with Crippen LogP contribution in [0.15, 0.2) is 36.9 Å². The van der Waals surface area contributed by atoms with Gasteiger partial charge in [0.1, 0.15) is 0 Å². The molecule has 132 valence electrons. The number of rotatable bonds is 5. The van der Waals surface area contributed by atoms with Crippen LogP contribution in [0.5, 0.6) is 0 Å². The highest BCUT2D eigenvalue weighted by molar-refractivity contribution is 5.30. The molecule has 2 aliphatic heterocycles. The van der Waals surface area contributed by atoms with Gasteiger partial charge in [-0.15, -0.1) is 0 Å². The molecule has 0 radical (unpaired) electrons. The minimum atomic E-state index is 0.618. The van der Waals surface area contributed by atoms with Gasteiger partial charge in [-0.1, -0.05) is 0 Å². The maximum atomic E-state index is 4.46. The van der Waals surface area contributed by atoms with Crippen LogP contribution < -0.4 is 4.90 Å². The molecule has 5 rings (SSSR count). The molecular formula is C19H26N6. The quantitative estimate of drug-likeness (QED) is 0.835. The smallest absolute Gasteiger partial charge is 0.225 e. The summed E-state index contributed by atoms with van der Waals surface area (Å²) in [6, 6.07) is 5.26. The predicted molar refractivity (Wildman–Crippen MR) is 96.2 cm³/mol. The number of hydrogen-bond donors (Lipinski definition) is 0. The van der Waals surface area contributed by atoms with Crippen molar-refractivity contribution in [1.82, 2.24) is 24.6 Å². The van der Waals surface area contributed by atoms with Crippen LogP contribution in [0.25, 0.3) is 0 Å². The largest absolute Gasteiger partial charge is 0.340 e. The van der Waals surface area contributed by atoms with Crippen LogP contribution in [0, 0.1) is 11.8 Å². The molecule has 6 heteroatoms. The van der Waals surface area contributed by atoms with E-state index in [0.29, 0.717) is 6.04 Å². The average molecular weight is 338 g/mol. The molecule has 2 saturated heterocycles. The lowest BCUT2D eigenvalue weighted by molar-refractivity contribution is 0.144. The number of likely N-dealkylation sites (tertiary alicyclic amines) is 1. The number of nitrogens with zero attached hydrogens (tertiary/aromatic N) is 6. The second kappa shape index (κ2) is 6.41. The Kier molecular flexibility index (Phi) is 3.93. The van der Waals surface area contributed by atoms with Crippen molar-refractivity contribution in [3.63, 3.8) is 0 Å². The first-order valence-corrected chi connectivity index (χ1v) is 9.62. The summed E-state index contributed by atoms with van der Waals surface area (Å²) in [5, 5.41) is 4.45. The lowest BCUT2D eigenvalue weighted by atomic mass is 9.92. The van der Waals surface area contributed by atoms with Crippen molar-refractivity contribution < 1.29 is 0 Å². The highest BCUT2D eigenvalue weighted by Crippen LogP contribution is 2.40. The maximum Gasteiger partial charge on any atom is 0.225 e. The molecule has 0 unspecified atom stereocenters. The summed E-state index contributed by atoms with van der Waals surface area (Å²) in [6.45, 7) is 4.47. The van der Waals surface area contributed by atoms with Crippen LogP contribution in [-0.2, 0) is 6.54 Å². The number of aromatic nitrogens is 4. The molecule has 2 aromatic rings. The third-order valence-electron chi connectivity index (χ3n) is 6.12. The topological polar surface area (TPSA) is 50.1 Å². The molecule has 6 nitrogen and oxygen atoms in total. The number of anilines is 1. The lowest BCUT2D eigenvalue weighted by Gasteiger charge is -2.38. The van der Waals surface area contributed by atoms with Crippen LogP contribution in [0.4, 0.5) is 5.95 Å². The Morgan fingerprint density at radius 3 is 2.64 bits per heavy atom. The van der Waals surface area contributed by atoms with Crippen LogP contribution in [0.1, 0.15) is 25.7 Å². The molecule has 2 aromatic heterocycles. The van der Waals surface area contributed by atoms with Crippen molar-refractivity contribution >= 4 is 5.95 Å². The van der Waals surface area contributed by atoms with Crippen LogP contribution in [0.2, 0.25) is 0 Å². The third kappa shape index (κ3) is 3.15. The van der Waals surface area contributed by atoms with E-state index in [9.17, 15) is 0 Å². The van der Waals surface area contributed by atoms with Crippen molar-refractivity contribution in [3.8, 4) is 0 Å². The van der Waals surface area contributed by atoms with E-state index in [-0.39, 0.29) is 0 Å². The van der Waals surface area contributed by atoms with Gasteiger partial charge < -0.3 is 4.90 Å². The summed E-state index contributed by atoms with van der Waals surface area (Å²) in [6.07, 6.45) is 13.0. The standard InChI is InChI=1S/C19H26N6/c1-6-20-19(21-7-1)23-10-5-18-16(13-23)11-17(14-24-9-2-8-22-24)25(18)12-15-3-4-15/h1-2,6-9,15-18H,3-5,10-14H2/t16-,17+,18+/m1/s1. The fourth-order valence-corrected chi connectivity index (χ4v) is 4.77. The zero-order valence-electron chi connectivity index (χ0n) is 14.6. The first kappa shape index (κ1) is 15.3. The van der Waals surface area contributed by atoms with Gasteiger partial charge in [0.25, 0.3) is 0 Å². The molecule has 0 aromatic carbocycles. The highest BCUT2D eigenvalue weighted by Gasteiger charge is 2.45. The summed E-state index contributed by atoms with van der Waals surface area (Å²) in [5.74, 6) is 2.55. The van der Waals surface area contributed by atoms with Crippen molar-refractivity contribution in [2.45, 2.75) is 44.3 Å². The fourth-order valence-electron chi connectivity index (χ4n) is 4.77. The Bertz CT molecular complexity index is 683. The Labute approximate surface area is 148 Å². The molecule has 4 heterocycles. The molecule has 3 atom stereocenters. The van der Waals surface area contributed by atoms with E-state index in [1.807, 2.05) is 30.7 Å². The first-order valence-electron chi connectivity index (χ1n) is 9.62. The van der Waals surface area contributed by atoms with E-state index >= 15 is 0 Å². The minimum absolute atomic E-state index is 0.618. The first-order chi connectivity index (χ1) is 12.4. The normalized spacial score (nSPS) is 29.8. The van der Waals surface area contributed by atoms with E-state index in [1.165, 1.54) is 32.2 Å². The SMILES string of the molecule is c1cnc(N2CC[C@H]3[C@H](C[C@@H](Cn4cccn4)N3CC3CC3)C2)nc1. The Balaban J connectivity index is 1.32. The van der Waals surface area contributed by atoms with Gasteiger partial charge in [-0.2, -0.15) is 5.10 Å². The zero-order chi connectivity index (χ0) is 16.6. The Hall–Kier alpha value is -1.95. The second-order valence-corrected chi connectivity index (χ2v) is 7.87. The summed E-state index contributed by atoms with van der Waals surface area (Å²) >= 11 is 0. The molecule has 0 amide bonds. The molecular weight excluding hydrogens is 312 g/mol. The predicted octanol–water partition coefficient (Wildman–Crippen LogP) is 2.05. The van der Waals surface area contributed by atoms with E-state index < -0.39 is 0 Å². The molecule has 1 aliphatic carbocycles. The molecule has 3 aliphatic rings. The molecule has 0 spiro atoms. The zero-order valence-corrected chi connectivity index (χ0v) is 14.6. The molecule has 3 fully saturated rings. The van der Waals surface area contributed by atoms with Gasteiger partial charge >= 0.3 is 0 Å². The average Bonchev–Trinajstić information content (AvgIpc) is 3.21. The van der Waals surface area contributed by atoms with Gasteiger partial charge in [-0.3, -0.25) is 9.58 Å². The van der Waals surface area contributed by atoms with Crippen molar-refractivity contribution in [1.29, 1.82) is 0 Å². The van der Waals surface area contributed by atoms with Crippen molar-refractivity contribution in [3.05, 3.63) is 36.9 Å². The summed E-state index contributed by atoms with van der Waals surface area (Å²) in [4.78, 5) is 14.1. The minimum Gasteiger partial charge on any atom is -0.340 e. The van der Waals surface area contributed by atoms with Gasteiger partial charge in [0.15, 0.2) is 0 Å². The Morgan fingerprint density at radius 2 is 1.88 bits per heavy atom. The van der Waals surface area contributed by atoms with Gasteiger partial charge in [-0.05, 0) is 49.7 Å². The number of piperidine rings is 1. The van der Waals surface area contributed by atoms with Crippen LogP contribution in [-0.4, -0.2) is 56.4 Å². The van der Waals surface area contributed by atoms with Gasteiger partial charge in [0.05, 0.1) is 6.54 Å². The third-order valence-corrected chi connectivity index (χ3v) is 6.12. The summed E-state index contributed by atoms with van der Waals surface area (Å²) in [5.41, 5.74) is 0. The maximum absolute atomic E-state index is 4.46. The monoisotopic (exact) mass is 338 g/mol. The van der Waals surface area contributed by atoms with Crippen LogP contribution in [0.3, 0.4) is 0 Å².